The molecule has 5 atom stereocenters. The van der Waals surface area contributed by atoms with E-state index in [9.17, 15) is 19.2 Å². The average molecular weight is 403 g/mol. The van der Waals surface area contributed by atoms with Gasteiger partial charge in [0.1, 0.15) is 6.04 Å². The number of imide groups is 1. The molecular formula is C20H19ClN2O5. The number of fused-ring (bicyclic) bond motifs is 5. The van der Waals surface area contributed by atoms with Gasteiger partial charge in [0, 0.05) is 0 Å². The Bertz CT molecular complexity index is 868. The Morgan fingerprint density at radius 1 is 1.18 bits per heavy atom. The first-order valence-corrected chi connectivity index (χ1v) is 9.52. The van der Waals surface area contributed by atoms with Crippen molar-refractivity contribution >= 4 is 41.0 Å². The fourth-order valence-electron chi connectivity index (χ4n) is 4.42. The molecule has 1 saturated heterocycles. The highest BCUT2D eigenvalue weighted by Crippen LogP contribution is 2.52. The van der Waals surface area contributed by atoms with Gasteiger partial charge in [-0.05, 0) is 37.3 Å². The number of hydrogen-bond donors (Lipinski definition) is 1. The number of halogens is 1. The summed E-state index contributed by atoms with van der Waals surface area (Å²) in [5, 5.41) is 2.90. The molecule has 0 spiro atoms. The molecule has 4 rings (SSSR count). The van der Waals surface area contributed by atoms with E-state index in [4.69, 9.17) is 16.3 Å². The van der Waals surface area contributed by atoms with E-state index >= 15 is 0 Å². The van der Waals surface area contributed by atoms with Crippen LogP contribution in [0, 0.1) is 23.7 Å². The first-order chi connectivity index (χ1) is 13.4. The molecule has 2 bridgehead atoms. The van der Waals surface area contributed by atoms with E-state index in [-0.39, 0.29) is 35.5 Å². The van der Waals surface area contributed by atoms with Crippen molar-refractivity contribution in [3.8, 4) is 0 Å². The summed E-state index contributed by atoms with van der Waals surface area (Å²) in [7, 11) is 0. The van der Waals surface area contributed by atoms with Gasteiger partial charge in [-0.2, -0.15) is 0 Å². The Kier molecular flexibility index (Phi) is 4.71. The SMILES string of the molecule is C[C@H](C(=O)OCC(=O)Nc1ccccc1Cl)N1C(=O)[C@@H]2[C@@H](C1=O)[C@H]1C=C[C@H]2C1. The maximum absolute atomic E-state index is 12.7. The van der Waals surface area contributed by atoms with Crippen molar-refractivity contribution in [1.82, 2.24) is 4.90 Å². The first-order valence-electron chi connectivity index (χ1n) is 9.14. The molecule has 0 aromatic heterocycles. The molecule has 1 aromatic rings. The molecule has 3 aliphatic rings. The maximum atomic E-state index is 12.7. The van der Waals surface area contributed by atoms with E-state index in [1.54, 1.807) is 24.3 Å². The number of hydrogen-bond acceptors (Lipinski definition) is 5. The number of rotatable bonds is 5. The third-order valence-corrected chi connectivity index (χ3v) is 6.06. The van der Waals surface area contributed by atoms with Crippen LogP contribution in [-0.2, 0) is 23.9 Å². The molecular weight excluding hydrogens is 384 g/mol. The number of para-hydroxylation sites is 1. The largest absolute Gasteiger partial charge is 0.454 e. The number of ether oxygens (including phenoxy) is 1. The molecule has 0 radical (unpaired) electrons. The molecule has 3 amide bonds. The number of likely N-dealkylation sites (tertiary alicyclic amines) is 1. The molecule has 1 heterocycles. The van der Waals surface area contributed by atoms with Crippen LogP contribution in [0.4, 0.5) is 5.69 Å². The lowest BCUT2D eigenvalue weighted by atomic mass is 9.85. The summed E-state index contributed by atoms with van der Waals surface area (Å²) in [6.45, 7) is 0.908. The Morgan fingerprint density at radius 2 is 1.79 bits per heavy atom. The number of esters is 1. The molecule has 28 heavy (non-hydrogen) atoms. The number of carbonyl (C=O) groups excluding carboxylic acids is 4. The predicted octanol–water partition coefficient (Wildman–Crippen LogP) is 2.02. The minimum Gasteiger partial charge on any atom is -0.454 e. The highest BCUT2D eigenvalue weighted by molar-refractivity contribution is 6.33. The number of anilines is 1. The van der Waals surface area contributed by atoms with E-state index in [1.165, 1.54) is 6.92 Å². The molecule has 1 aromatic carbocycles. The quantitative estimate of drug-likeness (QED) is 0.462. The Balaban J connectivity index is 1.35. The van der Waals surface area contributed by atoms with Crippen LogP contribution in [0.25, 0.3) is 0 Å². The van der Waals surface area contributed by atoms with Crippen molar-refractivity contribution in [2.24, 2.45) is 23.7 Å². The number of nitrogens with one attached hydrogen (secondary N) is 1. The normalized spacial score (nSPS) is 28.4. The van der Waals surface area contributed by atoms with Gasteiger partial charge in [0.25, 0.3) is 5.91 Å². The second-order valence-corrected chi connectivity index (χ2v) is 7.77. The van der Waals surface area contributed by atoms with Gasteiger partial charge in [-0.3, -0.25) is 19.3 Å². The Hall–Kier alpha value is -2.67. The third-order valence-electron chi connectivity index (χ3n) is 5.73. The van der Waals surface area contributed by atoms with Gasteiger partial charge in [-0.15, -0.1) is 0 Å². The minimum atomic E-state index is -1.07. The monoisotopic (exact) mass is 402 g/mol. The summed E-state index contributed by atoms with van der Waals surface area (Å²) in [6, 6.07) is 5.60. The summed E-state index contributed by atoms with van der Waals surface area (Å²) in [4.78, 5) is 50.8. The van der Waals surface area contributed by atoms with Crippen LogP contribution in [0.3, 0.4) is 0 Å². The van der Waals surface area contributed by atoms with Gasteiger partial charge in [-0.25, -0.2) is 4.79 Å². The molecule has 0 unspecified atom stereocenters. The molecule has 1 N–H and O–H groups in total. The third kappa shape index (κ3) is 2.99. The summed E-state index contributed by atoms with van der Waals surface area (Å²) in [5.74, 6) is -2.61. The number of nitrogens with zero attached hydrogens (tertiary/aromatic N) is 1. The van der Waals surface area contributed by atoms with Crippen LogP contribution in [0.15, 0.2) is 36.4 Å². The summed E-state index contributed by atoms with van der Waals surface area (Å²) in [5.41, 5.74) is 0.402. The van der Waals surface area contributed by atoms with Crippen molar-refractivity contribution < 1.29 is 23.9 Å². The van der Waals surface area contributed by atoms with Crippen LogP contribution < -0.4 is 5.32 Å². The molecule has 2 fully saturated rings. The minimum absolute atomic E-state index is 0.0704. The van der Waals surface area contributed by atoms with E-state index < -0.39 is 24.5 Å². The van der Waals surface area contributed by atoms with Crippen LogP contribution in [0.5, 0.6) is 0 Å². The van der Waals surface area contributed by atoms with Crippen LogP contribution in [-0.4, -0.2) is 41.2 Å². The lowest BCUT2D eigenvalue weighted by Crippen LogP contribution is -2.45. The van der Waals surface area contributed by atoms with Gasteiger partial charge in [0.05, 0.1) is 22.5 Å². The van der Waals surface area contributed by atoms with Gasteiger partial charge < -0.3 is 10.1 Å². The molecule has 1 aliphatic heterocycles. The van der Waals surface area contributed by atoms with Crippen molar-refractivity contribution in [3.05, 3.63) is 41.4 Å². The molecule has 146 valence electrons. The highest BCUT2D eigenvalue weighted by atomic mass is 35.5. The van der Waals surface area contributed by atoms with E-state index in [2.05, 4.69) is 5.32 Å². The zero-order chi connectivity index (χ0) is 20.0. The number of amides is 3. The van der Waals surface area contributed by atoms with Crippen molar-refractivity contribution in [3.63, 3.8) is 0 Å². The van der Waals surface area contributed by atoms with Crippen LogP contribution >= 0.6 is 11.6 Å². The average Bonchev–Trinajstić information content (AvgIpc) is 3.35. The van der Waals surface area contributed by atoms with Crippen molar-refractivity contribution in [2.75, 3.05) is 11.9 Å². The molecule has 7 nitrogen and oxygen atoms in total. The van der Waals surface area contributed by atoms with Gasteiger partial charge >= 0.3 is 5.97 Å². The standard InChI is InChI=1S/C20H19ClN2O5/c1-10(20(27)28-9-15(24)22-14-5-3-2-4-13(14)21)23-18(25)16-11-6-7-12(8-11)17(16)19(23)26/h2-7,10-12,16-17H,8-9H2,1H3,(H,22,24)/t10-,11+,12+,16+,17+/m1/s1. The predicted molar refractivity (Wildman–Crippen MR) is 100 cm³/mol. The lowest BCUT2D eigenvalue weighted by Gasteiger charge is -2.23. The van der Waals surface area contributed by atoms with Crippen molar-refractivity contribution in [1.29, 1.82) is 0 Å². The van der Waals surface area contributed by atoms with Crippen LogP contribution in [0.2, 0.25) is 5.02 Å². The second-order valence-electron chi connectivity index (χ2n) is 7.36. The fourth-order valence-corrected chi connectivity index (χ4v) is 4.60. The Labute approximate surface area is 166 Å². The van der Waals surface area contributed by atoms with Crippen molar-refractivity contribution in [2.45, 2.75) is 19.4 Å². The van der Waals surface area contributed by atoms with Gasteiger partial charge in [0.2, 0.25) is 11.8 Å². The summed E-state index contributed by atoms with van der Waals surface area (Å²) >= 11 is 5.97. The highest BCUT2D eigenvalue weighted by Gasteiger charge is 2.60. The van der Waals surface area contributed by atoms with E-state index in [1.807, 2.05) is 12.2 Å². The fraction of sp³-hybridized carbons (Fsp3) is 0.400. The topological polar surface area (TPSA) is 92.8 Å². The first kappa shape index (κ1) is 18.7. The number of benzene rings is 1. The summed E-state index contributed by atoms with van der Waals surface area (Å²) < 4.78 is 5.02. The zero-order valence-electron chi connectivity index (χ0n) is 15.1. The number of carbonyl (C=O) groups is 4. The van der Waals surface area contributed by atoms with E-state index in [0.717, 1.165) is 11.3 Å². The van der Waals surface area contributed by atoms with Gasteiger partial charge in [0.15, 0.2) is 6.61 Å². The Morgan fingerprint density at radius 3 is 2.39 bits per heavy atom. The molecule has 1 saturated carbocycles. The molecule has 8 heteroatoms. The second kappa shape index (κ2) is 7.05. The van der Waals surface area contributed by atoms with Crippen LogP contribution in [0.1, 0.15) is 13.3 Å². The molecule has 2 aliphatic carbocycles. The summed E-state index contributed by atoms with van der Waals surface area (Å²) in [6.07, 6.45) is 4.80. The van der Waals surface area contributed by atoms with E-state index in [0.29, 0.717) is 10.7 Å². The van der Waals surface area contributed by atoms with Gasteiger partial charge in [-0.1, -0.05) is 35.9 Å². The zero-order valence-corrected chi connectivity index (χ0v) is 15.9. The lowest BCUT2D eigenvalue weighted by molar-refractivity contribution is -0.159. The number of allylic oxidation sites excluding steroid dienone is 2. The maximum Gasteiger partial charge on any atom is 0.329 e. The smallest absolute Gasteiger partial charge is 0.329 e.